The van der Waals surface area contributed by atoms with Gasteiger partial charge in [0.2, 0.25) is 11.8 Å². The summed E-state index contributed by atoms with van der Waals surface area (Å²) in [5.41, 5.74) is 2.06. The van der Waals surface area contributed by atoms with Crippen molar-refractivity contribution < 1.29 is 19.1 Å². The fourth-order valence-electron chi connectivity index (χ4n) is 2.90. The van der Waals surface area contributed by atoms with Crippen molar-refractivity contribution in [3.8, 4) is 0 Å². The predicted octanol–water partition coefficient (Wildman–Crippen LogP) is 2.28. The molecule has 1 aromatic heterocycles. The summed E-state index contributed by atoms with van der Waals surface area (Å²) >= 11 is 1.45. The molecule has 1 aromatic carbocycles. The van der Waals surface area contributed by atoms with Crippen molar-refractivity contribution in [1.82, 2.24) is 9.88 Å². The van der Waals surface area contributed by atoms with E-state index in [-0.39, 0.29) is 24.3 Å². The quantitative estimate of drug-likeness (QED) is 0.719. The van der Waals surface area contributed by atoms with E-state index in [9.17, 15) is 14.4 Å². The first-order valence-corrected chi connectivity index (χ1v) is 9.81. The fourth-order valence-corrected chi connectivity index (χ4v) is 3.99. The van der Waals surface area contributed by atoms with Crippen LogP contribution in [-0.2, 0) is 27.3 Å². The number of hydrogen-bond acceptors (Lipinski definition) is 7. The smallest absolute Gasteiger partial charge is 0.338 e. The van der Waals surface area contributed by atoms with Gasteiger partial charge in [0.1, 0.15) is 0 Å². The van der Waals surface area contributed by atoms with E-state index < -0.39 is 0 Å². The number of carbonyl (C=O) groups is 3. The Morgan fingerprint density at radius 3 is 2.64 bits per heavy atom. The minimum Gasteiger partial charge on any atom is -0.462 e. The third-order valence-corrected chi connectivity index (χ3v) is 5.14. The SMILES string of the molecule is CCOC(=O)c1ccc(NC(=O)CN2CCc3nc(NC(C)=O)sc3C2)cc1. The Labute approximate surface area is 166 Å². The zero-order valence-corrected chi connectivity index (χ0v) is 16.6. The van der Waals surface area contributed by atoms with Crippen molar-refractivity contribution >= 4 is 39.9 Å². The zero-order valence-electron chi connectivity index (χ0n) is 15.8. The molecule has 0 saturated carbocycles. The van der Waals surface area contributed by atoms with Crippen molar-refractivity contribution in [2.75, 3.05) is 30.3 Å². The van der Waals surface area contributed by atoms with Crippen LogP contribution >= 0.6 is 11.3 Å². The number of nitrogens with one attached hydrogen (secondary N) is 2. The van der Waals surface area contributed by atoms with Crippen LogP contribution in [0.4, 0.5) is 10.8 Å². The highest BCUT2D eigenvalue weighted by Gasteiger charge is 2.22. The summed E-state index contributed by atoms with van der Waals surface area (Å²) in [5.74, 6) is -0.650. The van der Waals surface area contributed by atoms with Gasteiger partial charge in [-0.1, -0.05) is 0 Å². The summed E-state index contributed by atoms with van der Waals surface area (Å²) in [6, 6.07) is 6.62. The van der Waals surface area contributed by atoms with E-state index in [4.69, 9.17) is 4.74 Å². The molecule has 0 atom stereocenters. The van der Waals surface area contributed by atoms with Gasteiger partial charge in [0.05, 0.1) is 24.4 Å². The molecule has 148 valence electrons. The first-order valence-electron chi connectivity index (χ1n) is 9.00. The van der Waals surface area contributed by atoms with Gasteiger partial charge < -0.3 is 15.4 Å². The van der Waals surface area contributed by atoms with E-state index in [1.54, 1.807) is 31.2 Å². The Kier molecular flexibility index (Phi) is 6.37. The summed E-state index contributed by atoms with van der Waals surface area (Å²) in [7, 11) is 0. The molecule has 0 bridgehead atoms. The third-order valence-electron chi connectivity index (χ3n) is 4.14. The minimum atomic E-state index is -0.382. The van der Waals surface area contributed by atoms with Crippen LogP contribution in [-0.4, -0.2) is 47.4 Å². The van der Waals surface area contributed by atoms with Gasteiger partial charge in [-0.05, 0) is 31.2 Å². The second-order valence-electron chi connectivity index (χ2n) is 6.38. The lowest BCUT2D eigenvalue weighted by Gasteiger charge is -2.25. The summed E-state index contributed by atoms with van der Waals surface area (Å²) in [4.78, 5) is 42.7. The van der Waals surface area contributed by atoms with E-state index in [1.807, 2.05) is 4.90 Å². The lowest BCUT2D eigenvalue weighted by atomic mass is 10.2. The van der Waals surface area contributed by atoms with Crippen molar-refractivity contribution in [2.24, 2.45) is 0 Å². The Bertz CT molecular complexity index is 879. The topological polar surface area (TPSA) is 101 Å². The van der Waals surface area contributed by atoms with E-state index in [0.29, 0.717) is 29.5 Å². The van der Waals surface area contributed by atoms with Crippen LogP contribution in [0.1, 0.15) is 34.8 Å². The van der Waals surface area contributed by atoms with Gasteiger partial charge in [0.15, 0.2) is 5.13 Å². The Hall–Kier alpha value is -2.78. The largest absolute Gasteiger partial charge is 0.462 e. The summed E-state index contributed by atoms with van der Waals surface area (Å²) in [6.07, 6.45) is 0.743. The highest BCUT2D eigenvalue weighted by atomic mass is 32.1. The molecule has 2 aromatic rings. The van der Waals surface area contributed by atoms with E-state index >= 15 is 0 Å². The molecule has 3 rings (SSSR count). The van der Waals surface area contributed by atoms with Gasteiger partial charge in [0.25, 0.3) is 0 Å². The average molecular weight is 402 g/mol. The first-order chi connectivity index (χ1) is 13.4. The van der Waals surface area contributed by atoms with E-state index in [0.717, 1.165) is 23.5 Å². The summed E-state index contributed by atoms with van der Waals surface area (Å²) in [5, 5.41) is 6.15. The molecule has 2 heterocycles. The summed E-state index contributed by atoms with van der Waals surface area (Å²) < 4.78 is 4.94. The summed E-state index contributed by atoms with van der Waals surface area (Å²) in [6.45, 7) is 5.14. The predicted molar refractivity (Wildman–Crippen MR) is 106 cm³/mol. The van der Waals surface area contributed by atoms with Crippen LogP contribution in [0.25, 0.3) is 0 Å². The number of ether oxygens (including phenoxy) is 1. The second kappa shape index (κ2) is 8.94. The monoisotopic (exact) mass is 402 g/mol. The number of benzene rings is 1. The number of thiazole rings is 1. The molecule has 2 amide bonds. The number of amides is 2. The van der Waals surface area contributed by atoms with Crippen LogP contribution in [0, 0.1) is 0 Å². The van der Waals surface area contributed by atoms with E-state index in [1.165, 1.54) is 18.3 Å². The fraction of sp³-hybridized carbons (Fsp3) is 0.368. The maximum absolute atomic E-state index is 12.4. The lowest BCUT2D eigenvalue weighted by Crippen LogP contribution is -2.36. The van der Waals surface area contributed by atoms with Gasteiger partial charge in [-0.15, -0.1) is 11.3 Å². The number of nitrogens with zero attached hydrogens (tertiary/aromatic N) is 2. The number of esters is 1. The standard InChI is InChI=1S/C19H22N4O4S/c1-3-27-18(26)13-4-6-14(7-5-13)21-17(25)11-23-9-8-15-16(10-23)28-19(22-15)20-12(2)24/h4-7H,3,8-11H2,1-2H3,(H,21,25)(H,20,22,24). The highest BCUT2D eigenvalue weighted by Crippen LogP contribution is 2.28. The number of hydrogen-bond donors (Lipinski definition) is 2. The third kappa shape index (κ3) is 5.14. The molecular formula is C19H22N4O4S. The maximum atomic E-state index is 12.4. The zero-order chi connectivity index (χ0) is 20.1. The van der Waals surface area contributed by atoms with Crippen LogP contribution in [0.2, 0.25) is 0 Å². The number of aromatic nitrogens is 1. The number of fused-ring (bicyclic) bond motifs is 1. The van der Waals surface area contributed by atoms with Gasteiger partial charge in [0, 0.05) is 37.0 Å². The van der Waals surface area contributed by atoms with Crippen molar-refractivity contribution in [3.63, 3.8) is 0 Å². The Balaban J connectivity index is 1.53. The molecule has 28 heavy (non-hydrogen) atoms. The van der Waals surface area contributed by atoms with Crippen LogP contribution in [0.15, 0.2) is 24.3 Å². The van der Waals surface area contributed by atoms with Crippen LogP contribution in [0.3, 0.4) is 0 Å². The highest BCUT2D eigenvalue weighted by molar-refractivity contribution is 7.15. The Morgan fingerprint density at radius 2 is 1.96 bits per heavy atom. The van der Waals surface area contributed by atoms with Crippen LogP contribution < -0.4 is 10.6 Å². The molecule has 2 N–H and O–H groups in total. The second-order valence-corrected chi connectivity index (χ2v) is 7.46. The van der Waals surface area contributed by atoms with Crippen molar-refractivity contribution in [3.05, 3.63) is 40.4 Å². The molecule has 1 aliphatic rings. The molecule has 0 aliphatic carbocycles. The molecule has 0 fully saturated rings. The van der Waals surface area contributed by atoms with Gasteiger partial charge >= 0.3 is 5.97 Å². The number of anilines is 2. The van der Waals surface area contributed by atoms with Gasteiger partial charge in [-0.25, -0.2) is 9.78 Å². The van der Waals surface area contributed by atoms with Crippen molar-refractivity contribution in [1.29, 1.82) is 0 Å². The molecule has 0 unspecified atom stereocenters. The number of rotatable bonds is 6. The molecule has 8 nitrogen and oxygen atoms in total. The normalized spacial score (nSPS) is 13.5. The molecule has 0 radical (unpaired) electrons. The van der Waals surface area contributed by atoms with Gasteiger partial charge in [-0.3, -0.25) is 14.5 Å². The van der Waals surface area contributed by atoms with E-state index in [2.05, 4.69) is 15.6 Å². The van der Waals surface area contributed by atoms with Crippen molar-refractivity contribution in [2.45, 2.75) is 26.8 Å². The Morgan fingerprint density at radius 1 is 1.21 bits per heavy atom. The average Bonchev–Trinajstić information content (AvgIpc) is 3.03. The molecule has 0 saturated heterocycles. The first kappa shape index (κ1) is 20.0. The molecular weight excluding hydrogens is 380 g/mol. The maximum Gasteiger partial charge on any atom is 0.338 e. The molecule has 0 spiro atoms. The van der Waals surface area contributed by atoms with Crippen LogP contribution in [0.5, 0.6) is 0 Å². The number of carbonyl (C=O) groups excluding carboxylic acids is 3. The minimum absolute atomic E-state index is 0.126. The molecule has 1 aliphatic heterocycles. The molecule has 9 heteroatoms. The van der Waals surface area contributed by atoms with Gasteiger partial charge in [-0.2, -0.15) is 0 Å². The lowest BCUT2D eigenvalue weighted by molar-refractivity contribution is -0.117.